The summed E-state index contributed by atoms with van der Waals surface area (Å²) in [5.41, 5.74) is -0.490. The minimum Gasteiger partial charge on any atom is -0.339 e. The van der Waals surface area contributed by atoms with Crippen LogP contribution in [0, 0.1) is 5.92 Å². The van der Waals surface area contributed by atoms with Gasteiger partial charge in [-0.05, 0) is 69.2 Å². The topological polar surface area (TPSA) is 43.9 Å². The van der Waals surface area contributed by atoms with Crippen molar-refractivity contribution < 1.29 is 22.8 Å². The van der Waals surface area contributed by atoms with Gasteiger partial charge in [0, 0.05) is 44.3 Å². The Bertz CT molecular complexity index is 828. The zero-order valence-electron chi connectivity index (χ0n) is 19.3. The van der Waals surface area contributed by atoms with Crippen molar-refractivity contribution in [2.75, 3.05) is 32.7 Å². The van der Waals surface area contributed by atoms with E-state index in [2.05, 4.69) is 16.7 Å². The lowest BCUT2D eigenvalue weighted by molar-refractivity contribution is -0.143. The predicted molar refractivity (Wildman–Crippen MR) is 120 cm³/mol. The van der Waals surface area contributed by atoms with Gasteiger partial charge in [0.15, 0.2) is 0 Å². The number of hydrogen-bond donors (Lipinski definition) is 0. The first-order valence-electron chi connectivity index (χ1n) is 12.3. The zero-order chi connectivity index (χ0) is 23.6. The van der Waals surface area contributed by atoms with Crippen molar-refractivity contribution in [3.05, 3.63) is 35.4 Å². The van der Waals surface area contributed by atoms with Crippen LogP contribution in [0.15, 0.2) is 24.3 Å². The Hall–Kier alpha value is -2.09. The van der Waals surface area contributed by atoms with E-state index in [1.807, 2.05) is 0 Å². The molecule has 5 nitrogen and oxygen atoms in total. The molecular formula is C25H34F3N3O2. The van der Waals surface area contributed by atoms with Crippen LogP contribution in [0.5, 0.6) is 0 Å². The maximum Gasteiger partial charge on any atom is 0.416 e. The molecule has 33 heavy (non-hydrogen) atoms. The summed E-state index contributed by atoms with van der Waals surface area (Å²) in [6.07, 6.45) is 3.34. The number of rotatable bonds is 4. The normalized spacial score (nSPS) is 24.2. The second-order valence-corrected chi connectivity index (χ2v) is 9.77. The first-order chi connectivity index (χ1) is 15.8. The summed E-state index contributed by atoms with van der Waals surface area (Å²) in [7, 11) is 0. The summed E-state index contributed by atoms with van der Waals surface area (Å²) in [6.45, 7) is 5.15. The highest BCUT2D eigenvalue weighted by Gasteiger charge is 2.40. The molecule has 0 radical (unpaired) electrons. The minimum atomic E-state index is -4.42. The van der Waals surface area contributed by atoms with Crippen molar-refractivity contribution >= 4 is 11.8 Å². The number of alkyl halides is 3. The number of likely N-dealkylation sites (tertiary alicyclic amines) is 1. The Morgan fingerprint density at radius 1 is 0.879 bits per heavy atom. The zero-order valence-corrected chi connectivity index (χ0v) is 19.3. The van der Waals surface area contributed by atoms with Crippen molar-refractivity contribution in [1.29, 1.82) is 0 Å². The van der Waals surface area contributed by atoms with Gasteiger partial charge in [-0.15, -0.1) is 0 Å². The Labute approximate surface area is 193 Å². The molecular weight excluding hydrogens is 431 g/mol. The minimum absolute atomic E-state index is 0.128. The number of amides is 2. The summed E-state index contributed by atoms with van der Waals surface area (Å²) >= 11 is 0. The number of piperidine rings is 1. The lowest BCUT2D eigenvalue weighted by atomic mass is 9.92. The molecule has 3 aliphatic rings. The Kier molecular flexibility index (Phi) is 7.31. The molecule has 2 atom stereocenters. The molecule has 2 aliphatic heterocycles. The van der Waals surface area contributed by atoms with E-state index in [1.165, 1.54) is 18.6 Å². The lowest BCUT2D eigenvalue weighted by Crippen LogP contribution is -2.60. The molecule has 182 valence electrons. The summed E-state index contributed by atoms with van der Waals surface area (Å²) in [4.78, 5) is 32.6. The maximum absolute atomic E-state index is 13.7. The SMILES string of the molecule is C[C@@H]1CCCCN1C(=O)[C@H](C1CCCC1)N1CCN(C(=O)c2ccc(C(F)(F)F)cc2)CC1. The van der Waals surface area contributed by atoms with E-state index < -0.39 is 11.7 Å². The lowest BCUT2D eigenvalue weighted by Gasteiger charge is -2.44. The average molecular weight is 466 g/mol. The van der Waals surface area contributed by atoms with Crippen LogP contribution in [0.4, 0.5) is 13.2 Å². The molecule has 2 amide bonds. The third kappa shape index (κ3) is 5.36. The van der Waals surface area contributed by atoms with Crippen LogP contribution in [-0.2, 0) is 11.0 Å². The van der Waals surface area contributed by atoms with Gasteiger partial charge in [-0.3, -0.25) is 14.5 Å². The molecule has 1 aromatic carbocycles. The molecule has 0 spiro atoms. The number of carbonyl (C=O) groups is 2. The van der Waals surface area contributed by atoms with Crippen molar-refractivity contribution in [2.24, 2.45) is 5.92 Å². The highest BCUT2D eigenvalue weighted by molar-refractivity contribution is 5.94. The number of benzene rings is 1. The summed E-state index contributed by atoms with van der Waals surface area (Å²) in [6, 6.07) is 4.56. The van der Waals surface area contributed by atoms with Gasteiger partial charge in [-0.25, -0.2) is 0 Å². The average Bonchev–Trinajstić information content (AvgIpc) is 3.33. The predicted octanol–water partition coefficient (Wildman–Crippen LogP) is 4.42. The van der Waals surface area contributed by atoms with Crippen molar-refractivity contribution in [2.45, 2.75) is 70.1 Å². The maximum atomic E-state index is 13.7. The second kappa shape index (κ2) is 10.0. The number of piperazine rings is 1. The van der Waals surface area contributed by atoms with E-state index in [0.29, 0.717) is 32.1 Å². The monoisotopic (exact) mass is 465 g/mol. The summed E-state index contributed by atoms with van der Waals surface area (Å²) < 4.78 is 38.4. The smallest absolute Gasteiger partial charge is 0.339 e. The Morgan fingerprint density at radius 2 is 1.48 bits per heavy atom. The quantitative estimate of drug-likeness (QED) is 0.661. The highest BCUT2D eigenvalue weighted by Crippen LogP contribution is 2.33. The number of carbonyl (C=O) groups excluding carboxylic acids is 2. The first kappa shape index (κ1) is 24.0. The molecule has 8 heteroatoms. The van der Waals surface area contributed by atoms with Crippen LogP contribution < -0.4 is 0 Å². The Balaban J connectivity index is 1.41. The van der Waals surface area contributed by atoms with E-state index in [-0.39, 0.29) is 29.5 Å². The summed E-state index contributed by atoms with van der Waals surface area (Å²) in [5, 5.41) is 0. The van der Waals surface area contributed by atoms with Gasteiger partial charge in [0.1, 0.15) is 0 Å². The van der Waals surface area contributed by atoms with Crippen LogP contribution >= 0.6 is 0 Å². The van der Waals surface area contributed by atoms with Gasteiger partial charge in [0.25, 0.3) is 5.91 Å². The van der Waals surface area contributed by atoms with E-state index in [0.717, 1.165) is 57.2 Å². The standard InChI is InChI=1S/C25H34F3N3O2/c1-18-6-4-5-13-31(18)24(33)22(19-7-2-3-8-19)29-14-16-30(17-15-29)23(32)20-9-11-21(12-10-20)25(26,27)28/h9-12,18-19,22H,2-8,13-17H2,1H3/t18-,22+/m1/s1. The van der Waals surface area contributed by atoms with E-state index in [9.17, 15) is 22.8 Å². The van der Waals surface area contributed by atoms with Crippen LogP contribution in [0.2, 0.25) is 0 Å². The van der Waals surface area contributed by atoms with Gasteiger partial charge in [0.05, 0.1) is 11.6 Å². The second-order valence-electron chi connectivity index (χ2n) is 9.77. The highest BCUT2D eigenvalue weighted by atomic mass is 19.4. The van der Waals surface area contributed by atoms with Gasteiger partial charge < -0.3 is 9.80 Å². The molecule has 2 heterocycles. The molecule has 4 rings (SSSR count). The molecule has 1 aliphatic carbocycles. The van der Waals surface area contributed by atoms with Gasteiger partial charge in [-0.1, -0.05) is 12.8 Å². The molecule has 0 N–H and O–H groups in total. The fraction of sp³-hybridized carbons (Fsp3) is 0.680. The number of nitrogens with zero attached hydrogens (tertiary/aromatic N) is 3. The van der Waals surface area contributed by atoms with Crippen LogP contribution in [0.25, 0.3) is 0 Å². The van der Waals surface area contributed by atoms with Gasteiger partial charge >= 0.3 is 6.18 Å². The molecule has 2 saturated heterocycles. The van der Waals surface area contributed by atoms with Crippen LogP contribution in [0.3, 0.4) is 0 Å². The summed E-state index contributed by atoms with van der Waals surface area (Å²) in [5.74, 6) is 0.358. The fourth-order valence-corrected chi connectivity index (χ4v) is 5.71. The van der Waals surface area contributed by atoms with Crippen LogP contribution in [-0.4, -0.2) is 71.3 Å². The molecule has 1 aromatic rings. The molecule has 1 saturated carbocycles. The molecule has 3 fully saturated rings. The van der Waals surface area contributed by atoms with E-state index in [1.54, 1.807) is 4.90 Å². The largest absolute Gasteiger partial charge is 0.416 e. The molecule has 0 unspecified atom stereocenters. The molecule has 0 bridgehead atoms. The Morgan fingerprint density at radius 3 is 2.06 bits per heavy atom. The van der Waals surface area contributed by atoms with Gasteiger partial charge in [0.2, 0.25) is 5.91 Å². The first-order valence-corrected chi connectivity index (χ1v) is 12.3. The van der Waals surface area contributed by atoms with Crippen molar-refractivity contribution in [1.82, 2.24) is 14.7 Å². The van der Waals surface area contributed by atoms with Crippen molar-refractivity contribution in [3.63, 3.8) is 0 Å². The third-order valence-electron chi connectivity index (χ3n) is 7.64. The third-order valence-corrected chi connectivity index (χ3v) is 7.64. The van der Waals surface area contributed by atoms with E-state index in [4.69, 9.17) is 0 Å². The molecule has 0 aromatic heterocycles. The van der Waals surface area contributed by atoms with Crippen LogP contribution in [0.1, 0.15) is 67.8 Å². The van der Waals surface area contributed by atoms with Crippen molar-refractivity contribution in [3.8, 4) is 0 Å². The number of halogens is 3. The van der Waals surface area contributed by atoms with E-state index >= 15 is 0 Å². The number of hydrogen-bond acceptors (Lipinski definition) is 3. The fourth-order valence-electron chi connectivity index (χ4n) is 5.71. The van der Waals surface area contributed by atoms with Gasteiger partial charge in [-0.2, -0.15) is 13.2 Å².